The Balaban J connectivity index is 0. The topological polar surface area (TPSA) is 93.0 Å². The average Bonchev–Trinajstić information content (AvgIpc) is 1.87. The molecule has 12 heavy (non-hydrogen) atoms. The molecule has 0 atom stereocenters. The minimum atomic E-state index is -1.04. The van der Waals surface area contributed by atoms with Gasteiger partial charge in [-0.1, -0.05) is 0 Å². The van der Waals surface area contributed by atoms with Crippen molar-refractivity contribution in [3.8, 4) is 0 Å². The second-order valence-corrected chi connectivity index (χ2v) is 1.56. The summed E-state index contributed by atoms with van der Waals surface area (Å²) in [4.78, 5) is 41.7. The van der Waals surface area contributed by atoms with Gasteiger partial charge in [0, 0.05) is 0 Å². The fourth-order valence-electron chi connectivity index (χ4n) is 0.0718. The Kier molecular flexibility index (Phi) is 10.7. The molecule has 0 saturated heterocycles. The van der Waals surface area contributed by atoms with Gasteiger partial charge in [0.15, 0.2) is 0 Å². The Labute approximate surface area is 75.9 Å². The van der Waals surface area contributed by atoms with Gasteiger partial charge in [-0.3, -0.25) is 9.59 Å². The lowest BCUT2D eigenvalue weighted by Gasteiger charge is -1.57. The molecule has 0 radical (unpaired) electrons. The maximum absolute atomic E-state index is 9.38. The smallest absolute Gasteiger partial charge is 0.252 e. The first-order chi connectivity index (χ1) is 5.54. The van der Waals surface area contributed by atoms with Crippen molar-refractivity contribution in [3.05, 3.63) is 0 Å². The fraction of sp³-hybridized carbons (Fsp3) is 0. The van der Waals surface area contributed by atoms with Crippen molar-refractivity contribution in [1.82, 2.24) is 0 Å². The summed E-state index contributed by atoms with van der Waals surface area (Å²) in [5, 5.41) is -2.07. The Morgan fingerprint density at radius 1 is 0.917 bits per heavy atom. The van der Waals surface area contributed by atoms with Gasteiger partial charge < -0.3 is 0 Å². The molecule has 0 aliphatic carbocycles. The van der Waals surface area contributed by atoms with Crippen molar-refractivity contribution in [2.24, 2.45) is 9.98 Å². The van der Waals surface area contributed by atoms with Crippen LogP contribution in [0.25, 0.3) is 0 Å². The molecule has 0 unspecified atom stereocenters. The molecule has 0 aliphatic rings. The quantitative estimate of drug-likeness (QED) is 0.261. The van der Waals surface area contributed by atoms with Gasteiger partial charge in [0.1, 0.15) is 0 Å². The van der Waals surface area contributed by atoms with Crippen molar-refractivity contribution in [2.75, 3.05) is 0 Å². The van der Waals surface area contributed by atoms with Crippen LogP contribution in [-0.4, -0.2) is 22.9 Å². The molecule has 64 valence electrons. The molecule has 0 aromatic carbocycles. The number of aliphatic imine (C=N–C) groups is 2. The van der Waals surface area contributed by atoms with Crippen LogP contribution in [0.15, 0.2) is 9.98 Å². The summed E-state index contributed by atoms with van der Waals surface area (Å²) in [6, 6.07) is 0. The number of nitrogens with zero attached hydrogens (tertiary/aromatic N) is 2. The Morgan fingerprint density at radius 3 is 1.17 bits per heavy atom. The van der Waals surface area contributed by atoms with E-state index in [0.717, 1.165) is 12.2 Å². The van der Waals surface area contributed by atoms with E-state index in [4.69, 9.17) is 9.59 Å². The Bertz CT molecular complexity index is 236. The van der Waals surface area contributed by atoms with Crippen molar-refractivity contribution >= 4 is 46.1 Å². The minimum Gasteiger partial charge on any atom is -0.252 e. The standard InChI is InChI=1S/2C2ClNO2/c2*3-2(6)4-1-5. The number of hydrogen-bond donors (Lipinski definition) is 0. The lowest BCUT2D eigenvalue weighted by atomic mass is 11.3. The first-order valence-corrected chi connectivity index (χ1v) is 2.84. The monoisotopic (exact) mass is 210 g/mol. The fourth-order valence-corrected chi connectivity index (χ4v) is 0.141. The molecule has 0 aromatic rings. The lowest BCUT2D eigenvalue weighted by molar-refractivity contribution is 0.265. The van der Waals surface area contributed by atoms with Crippen molar-refractivity contribution in [2.45, 2.75) is 0 Å². The summed E-state index contributed by atoms with van der Waals surface area (Å²) in [5.74, 6) is 0. The summed E-state index contributed by atoms with van der Waals surface area (Å²) in [6.45, 7) is 0. The van der Waals surface area contributed by atoms with Crippen LogP contribution in [0.3, 0.4) is 0 Å². The molecule has 2 amide bonds. The van der Waals surface area contributed by atoms with E-state index in [9.17, 15) is 9.59 Å². The molecular formula is C4Cl2N2O4. The van der Waals surface area contributed by atoms with Crippen LogP contribution in [0.1, 0.15) is 0 Å². The van der Waals surface area contributed by atoms with E-state index in [2.05, 4.69) is 33.2 Å². The van der Waals surface area contributed by atoms with Crippen molar-refractivity contribution in [1.29, 1.82) is 0 Å². The van der Waals surface area contributed by atoms with E-state index in [-0.39, 0.29) is 0 Å². The molecule has 0 saturated carbocycles. The number of carbonyl (C=O) groups excluding carboxylic acids is 4. The average molecular weight is 211 g/mol. The van der Waals surface area contributed by atoms with Crippen molar-refractivity contribution in [3.63, 3.8) is 0 Å². The minimum absolute atomic E-state index is 0.961. The summed E-state index contributed by atoms with van der Waals surface area (Å²) in [7, 11) is 0. The number of carbonyl (C=O) groups is 2. The largest absolute Gasteiger partial charge is 0.350 e. The first-order valence-electron chi connectivity index (χ1n) is 2.09. The predicted octanol–water partition coefficient (Wildman–Crippen LogP) is 1.36. The lowest BCUT2D eigenvalue weighted by Crippen LogP contribution is -1.66. The summed E-state index contributed by atoms with van der Waals surface area (Å²) in [5.41, 5.74) is 0. The zero-order valence-electron chi connectivity index (χ0n) is 5.28. The van der Waals surface area contributed by atoms with Crippen molar-refractivity contribution < 1.29 is 19.2 Å². The van der Waals surface area contributed by atoms with Crippen LogP contribution in [0.2, 0.25) is 0 Å². The third-order valence-corrected chi connectivity index (χ3v) is 0.436. The highest BCUT2D eigenvalue weighted by Gasteiger charge is 1.80. The molecule has 0 aromatic heterocycles. The number of rotatable bonds is 0. The van der Waals surface area contributed by atoms with Gasteiger partial charge in [0.2, 0.25) is 12.2 Å². The predicted molar refractivity (Wildman–Crippen MR) is 38.7 cm³/mol. The molecule has 0 fully saturated rings. The Morgan fingerprint density at radius 2 is 1.17 bits per heavy atom. The highest BCUT2D eigenvalue weighted by molar-refractivity contribution is 6.63. The summed E-state index contributed by atoms with van der Waals surface area (Å²) in [6.07, 6.45) is 1.92. The van der Waals surface area contributed by atoms with Crippen LogP contribution in [0.5, 0.6) is 0 Å². The molecule has 0 N–H and O–H groups in total. The number of hydrogen-bond acceptors (Lipinski definition) is 4. The van der Waals surface area contributed by atoms with Gasteiger partial charge in [-0.15, -0.1) is 9.98 Å². The van der Waals surface area contributed by atoms with Crippen LogP contribution in [-0.2, 0) is 9.59 Å². The van der Waals surface area contributed by atoms with E-state index < -0.39 is 10.7 Å². The maximum Gasteiger partial charge on any atom is 0.350 e. The second kappa shape index (κ2) is 9.68. The third kappa shape index (κ3) is 23.4. The Hall–Kier alpha value is -1.32. The normalized spacial score (nSPS) is 6.17. The first kappa shape index (κ1) is 13.3. The number of isocyanates is 2. The van der Waals surface area contributed by atoms with Gasteiger partial charge in [0.05, 0.1) is 0 Å². The molecule has 0 spiro atoms. The van der Waals surface area contributed by atoms with Crippen LogP contribution < -0.4 is 0 Å². The number of amides is 2. The highest BCUT2D eigenvalue weighted by Crippen LogP contribution is 1.79. The van der Waals surface area contributed by atoms with E-state index >= 15 is 0 Å². The van der Waals surface area contributed by atoms with Gasteiger partial charge in [-0.2, -0.15) is 0 Å². The molecule has 8 heteroatoms. The van der Waals surface area contributed by atoms with Crippen LogP contribution in [0.4, 0.5) is 9.59 Å². The molecule has 0 aliphatic heterocycles. The van der Waals surface area contributed by atoms with Gasteiger partial charge in [0.25, 0.3) is 0 Å². The molecule has 6 nitrogen and oxygen atoms in total. The zero-order valence-corrected chi connectivity index (χ0v) is 6.80. The molecule has 0 heterocycles. The number of halogens is 2. The summed E-state index contributed by atoms with van der Waals surface area (Å²) >= 11 is 9.02. The van der Waals surface area contributed by atoms with Gasteiger partial charge in [-0.25, -0.2) is 9.59 Å². The second-order valence-electron chi connectivity index (χ2n) is 0.912. The van der Waals surface area contributed by atoms with Gasteiger partial charge in [-0.05, 0) is 23.2 Å². The van der Waals surface area contributed by atoms with Crippen LogP contribution >= 0.6 is 23.2 Å². The van der Waals surface area contributed by atoms with E-state index in [1.807, 2.05) is 0 Å². The molecular weight excluding hydrogens is 211 g/mol. The maximum atomic E-state index is 9.38. The highest BCUT2D eigenvalue weighted by atomic mass is 35.5. The zero-order chi connectivity index (χ0) is 9.98. The van der Waals surface area contributed by atoms with E-state index in [0.29, 0.717) is 0 Å². The molecule has 0 bridgehead atoms. The summed E-state index contributed by atoms with van der Waals surface area (Å²) < 4.78 is 0. The van der Waals surface area contributed by atoms with Crippen LogP contribution in [0, 0.1) is 0 Å². The van der Waals surface area contributed by atoms with E-state index in [1.54, 1.807) is 0 Å². The third-order valence-electron chi connectivity index (χ3n) is 0.267. The van der Waals surface area contributed by atoms with Gasteiger partial charge >= 0.3 is 10.7 Å². The SMILES string of the molecule is O=C=NC(=O)Cl.O=C=NC(=O)Cl. The molecule has 0 rings (SSSR count). The van der Waals surface area contributed by atoms with E-state index in [1.165, 1.54) is 0 Å².